The van der Waals surface area contributed by atoms with Crippen LogP contribution in [0.25, 0.3) is 11.1 Å². The van der Waals surface area contributed by atoms with Gasteiger partial charge in [0.25, 0.3) is 0 Å². The van der Waals surface area contributed by atoms with Crippen molar-refractivity contribution in [1.29, 1.82) is 0 Å². The van der Waals surface area contributed by atoms with Gasteiger partial charge < -0.3 is 24.8 Å². The number of fused-ring (bicyclic) bond motifs is 3. The van der Waals surface area contributed by atoms with Crippen molar-refractivity contribution in [2.24, 2.45) is 11.8 Å². The molecule has 2 aromatic carbocycles. The van der Waals surface area contributed by atoms with Crippen LogP contribution in [0.2, 0.25) is 0 Å². The van der Waals surface area contributed by atoms with Crippen LogP contribution >= 0.6 is 0 Å². The summed E-state index contributed by atoms with van der Waals surface area (Å²) in [4.78, 5) is 37.5. The van der Waals surface area contributed by atoms with Gasteiger partial charge in [-0.15, -0.1) is 0 Å². The summed E-state index contributed by atoms with van der Waals surface area (Å²) in [5.41, 5.74) is 4.70. The lowest BCUT2D eigenvalue weighted by atomic mass is 9.92. The zero-order valence-corrected chi connectivity index (χ0v) is 19.5. The van der Waals surface area contributed by atoms with Crippen LogP contribution in [0, 0.1) is 11.8 Å². The Morgan fingerprint density at radius 3 is 2.34 bits per heavy atom. The lowest BCUT2D eigenvalue weighted by Crippen LogP contribution is -2.52. The molecule has 0 spiro atoms. The minimum absolute atomic E-state index is 0.00809. The molecule has 5 rings (SSSR count). The van der Waals surface area contributed by atoms with E-state index < -0.39 is 12.1 Å². The number of nitrogens with zero attached hydrogens (tertiary/aromatic N) is 1. The molecule has 2 heterocycles. The van der Waals surface area contributed by atoms with Gasteiger partial charge in [0.1, 0.15) is 6.61 Å². The Balaban J connectivity index is 1.05. The van der Waals surface area contributed by atoms with Crippen molar-refractivity contribution in [3.05, 3.63) is 59.7 Å². The fraction of sp³-hybridized carbons (Fsp3) is 0.444. The van der Waals surface area contributed by atoms with E-state index >= 15 is 0 Å². The van der Waals surface area contributed by atoms with Crippen LogP contribution in [0.5, 0.6) is 0 Å². The van der Waals surface area contributed by atoms with Gasteiger partial charge in [-0.2, -0.15) is 0 Å². The molecule has 2 saturated heterocycles. The van der Waals surface area contributed by atoms with Crippen molar-refractivity contribution >= 4 is 18.0 Å². The number of aliphatic carboxylic acids is 1. The number of carbonyl (C=O) groups is 3. The summed E-state index contributed by atoms with van der Waals surface area (Å²) in [5, 5.41) is 11.6. The second kappa shape index (κ2) is 10.1. The molecule has 184 valence electrons. The maximum absolute atomic E-state index is 12.7. The van der Waals surface area contributed by atoms with Gasteiger partial charge in [-0.25, -0.2) is 4.79 Å². The molecule has 2 N–H and O–H groups in total. The van der Waals surface area contributed by atoms with Gasteiger partial charge in [0, 0.05) is 32.0 Å². The number of amides is 2. The first-order chi connectivity index (χ1) is 17.0. The molecule has 35 heavy (non-hydrogen) atoms. The lowest BCUT2D eigenvalue weighted by molar-refractivity contribution is -0.142. The first-order valence-electron chi connectivity index (χ1n) is 12.2. The second-order valence-corrected chi connectivity index (χ2v) is 9.64. The van der Waals surface area contributed by atoms with E-state index in [4.69, 9.17) is 14.6 Å². The van der Waals surface area contributed by atoms with Gasteiger partial charge >= 0.3 is 12.1 Å². The third kappa shape index (κ3) is 5.03. The number of benzene rings is 2. The third-order valence-corrected chi connectivity index (χ3v) is 7.28. The molecular weight excluding hydrogens is 448 g/mol. The zero-order valence-electron chi connectivity index (χ0n) is 19.5. The summed E-state index contributed by atoms with van der Waals surface area (Å²) in [6.07, 6.45) is 0.581. The SMILES string of the molecule is O=C(O)CCC1CN(C(=O)[C@@H]2CO[C@H](CNC(=O)OCC3c4ccccc4-c4ccccc43)C2)C1. The van der Waals surface area contributed by atoms with Crippen molar-refractivity contribution in [3.63, 3.8) is 0 Å². The summed E-state index contributed by atoms with van der Waals surface area (Å²) in [6, 6.07) is 16.4. The fourth-order valence-electron chi connectivity index (χ4n) is 5.38. The Labute approximate surface area is 204 Å². The maximum Gasteiger partial charge on any atom is 0.407 e. The predicted octanol–water partition coefficient (Wildman–Crippen LogP) is 3.25. The molecule has 0 radical (unpaired) electrons. The van der Waals surface area contributed by atoms with Gasteiger partial charge in [0.15, 0.2) is 0 Å². The predicted molar refractivity (Wildman–Crippen MR) is 128 cm³/mol. The summed E-state index contributed by atoms with van der Waals surface area (Å²) in [5.74, 6) is -0.687. The van der Waals surface area contributed by atoms with Crippen LogP contribution < -0.4 is 5.32 Å². The summed E-state index contributed by atoms with van der Waals surface area (Å²) in [6.45, 7) is 2.12. The molecule has 2 fully saturated rings. The van der Waals surface area contributed by atoms with E-state index in [0.29, 0.717) is 39.1 Å². The van der Waals surface area contributed by atoms with Gasteiger partial charge in [0.05, 0.1) is 18.6 Å². The largest absolute Gasteiger partial charge is 0.481 e. The van der Waals surface area contributed by atoms with Crippen LogP contribution in [0.3, 0.4) is 0 Å². The Morgan fingerprint density at radius 2 is 1.69 bits per heavy atom. The topological polar surface area (TPSA) is 105 Å². The molecule has 2 aliphatic heterocycles. The fourth-order valence-corrected chi connectivity index (χ4v) is 5.38. The van der Waals surface area contributed by atoms with Crippen molar-refractivity contribution < 1.29 is 29.0 Å². The maximum atomic E-state index is 12.7. The molecule has 0 bridgehead atoms. The molecule has 1 aliphatic carbocycles. The molecule has 2 amide bonds. The molecule has 2 aromatic rings. The molecule has 0 saturated carbocycles. The number of carboxylic acid groups (broad SMARTS) is 1. The summed E-state index contributed by atoms with van der Waals surface area (Å²) < 4.78 is 11.3. The Hall–Kier alpha value is -3.39. The highest BCUT2D eigenvalue weighted by Crippen LogP contribution is 2.44. The highest BCUT2D eigenvalue weighted by atomic mass is 16.5. The highest BCUT2D eigenvalue weighted by molar-refractivity contribution is 5.80. The van der Waals surface area contributed by atoms with Gasteiger partial charge in [0.2, 0.25) is 5.91 Å². The average Bonchev–Trinajstić information content (AvgIpc) is 3.43. The van der Waals surface area contributed by atoms with Crippen molar-refractivity contribution in [2.45, 2.75) is 31.3 Å². The van der Waals surface area contributed by atoms with Gasteiger partial charge in [-0.3, -0.25) is 9.59 Å². The van der Waals surface area contributed by atoms with Crippen LogP contribution in [-0.2, 0) is 19.1 Å². The highest BCUT2D eigenvalue weighted by Gasteiger charge is 2.38. The van der Waals surface area contributed by atoms with E-state index in [1.54, 1.807) is 4.90 Å². The van der Waals surface area contributed by atoms with E-state index in [-0.39, 0.29) is 42.8 Å². The molecule has 8 heteroatoms. The van der Waals surface area contributed by atoms with Crippen LogP contribution in [0.4, 0.5) is 4.79 Å². The Kier molecular flexibility index (Phi) is 6.72. The van der Waals surface area contributed by atoms with Crippen molar-refractivity contribution in [2.75, 3.05) is 32.8 Å². The normalized spacial score (nSPS) is 21.2. The molecule has 0 aromatic heterocycles. The summed E-state index contributed by atoms with van der Waals surface area (Å²) >= 11 is 0. The quantitative estimate of drug-likeness (QED) is 0.604. The third-order valence-electron chi connectivity index (χ3n) is 7.28. The smallest absolute Gasteiger partial charge is 0.407 e. The number of hydrogen-bond donors (Lipinski definition) is 2. The number of hydrogen-bond acceptors (Lipinski definition) is 5. The second-order valence-electron chi connectivity index (χ2n) is 9.64. The number of nitrogens with one attached hydrogen (secondary N) is 1. The monoisotopic (exact) mass is 478 g/mol. The first kappa shape index (κ1) is 23.4. The van der Waals surface area contributed by atoms with E-state index in [1.165, 1.54) is 11.1 Å². The zero-order chi connectivity index (χ0) is 24.4. The van der Waals surface area contributed by atoms with E-state index in [1.807, 2.05) is 24.3 Å². The molecular formula is C27H30N2O6. The van der Waals surface area contributed by atoms with Crippen LogP contribution in [0.1, 0.15) is 36.3 Å². The number of alkyl carbamates (subject to hydrolysis) is 1. The van der Waals surface area contributed by atoms with Crippen molar-refractivity contribution in [1.82, 2.24) is 10.2 Å². The van der Waals surface area contributed by atoms with Crippen LogP contribution in [-0.4, -0.2) is 66.9 Å². The minimum Gasteiger partial charge on any atom is -0.481 e. The van der Waals surface area contributed by atoms with Crippen LogP contribution in [0.15, 0.2) is 48.5 Å². The molecule has 3 aliphatic rings. The summed E-state index contributed by atoms with van der Waals surface area (Å²) in [7, 11) is 0. The Morgan fingerprint density at radius 1 is 1.03 bits per heavy atom. The number of likely N-dealkylation sites (tertiary alicyclic amines) is 1. The molecule has 8 nitrogen and oxygen atoms in total. The van der Waals surface area contributed by atoms with E-state index in [0.717, 1.165) is 11.1 Å². The van der Waals surface area contributed by atoms with Gasteiger partial charge in [-0.1, -0.05) is 48.5 Å². The minimum atomic E-state index is -0.800. The molecule has 0 unspecified atom stereocenters. The van der Waals surface area contributed by atoms with Gasteiger partial charge in [-0.05, 0) is 41.0 Å². The first-order valence-corrected chi connectivity index (χ1v) is 12.2. The number of ether oxygens (including phenoxy) is 2. The van der Waals surface area contributed by atoms with E-state index in [2.05, 4.69) is 29.6 Å². The van der Waals surface area contributed by atoms with E-state index in [9.17, 15) is 14.4 Å². The Bertz CT molecular complexity index is 1070. The number of rotatable bonds is 8. The lowest BCUT2D eigenvalue weighted by Gasteiger charge is -2.40. The number of carboxylic acids is 1. The number of carbonyl (C=O) groups excluding carboxylic acids is 2. The van der Waals surface area contributed by atoms with Crippen molar-refractivity contribution in [3.8, 4) is 11.1 Å². The standard InChI is InChI=1S/C27H30N2O6/c30-25(31)10-9-17-13-29(14-17)26(32)18-11-19(34-15-18)12-28-27(33)35-16-24-22-7-3-1-5-20(22)21-6-2-4-8-23(21)24/h1-8,17-19,24H,9-16H2,(H,28,33)(H,30,31)/t18-,19-/m0/s1. The average molecular weight is 479 g/mol. The molecule has 2 atom stereocenters.